The highest BCUT2D eigenvalue weighted by Gasteiger charge is 2.26. The van der Waals surface area contributed by atoms with Gasteiger partial charge in [-0.05, 0) is 47.0 Å². The topological polar surface area (TPSA) is 67.7 Å². The van der Waals surface area contributed by atoms with Crippen molar-refractivity contribution in [3.8, 4) is 5.69 Å². The van der Waals surface area contributed by atoms with Crippen molar-refractivity contribution in [1.82, 2.24) is 9.78 Å². The fourth-order valence-electron chi connectivity index (χ4n) is 2.04. The molecule has 1 fully saturated rings. The minimum absolute atomic E-state index is 0.0425. The van der Waals surface area contributed by atoms with Gasteiger partial charge >= 0.3 is 0 Å². The maximum absolute atomic E-state index is 7.68. The van der Waals surface area contributed by atoms with Crippen LogP contribution in [0.4, 0.5) is 0 Å². The van der Waals surface area contributed by atoms with Gasteiger partial charge in [0.2, 0.25) is 0 Å². The molecular formula is C13H13BrN4. The molecule has 1 saturated carbocycles. The van der Waals surface area contributed by atoms with E-state index in [-0.39, 0.29) is 5.84 Å². The molecule has 1 aromatic heterocycles. The zero-order valence-corrected chi connectivity index (χ0v) is 11.3. The highest BCUT2D eigenvalue weighted by molar-refractivity contribution is 9.10. The fraction of sp³-hybridized carbons (Fsp3) is 0.231. The van der Waals surface area contributed by atoms with E-state index in [1.54, 1.807) is 4.68 Å². The summed E-state index contributed by atoms with van der Waals surface area (Å²) in [6.45, 7) is 0. The molecular weight excluding hydrogens is 292 g/mol. The average Bonchev–Trinajstić information content (AvgIpc) is 3.06. The monoisotopic (exact) mass is 304 g/mol. The van der Waals surface area contributed by atoms with Crippen molar-refractivity contribution >= 4 is 21.8 Å². The van der Waals surface area contributed by atoms with Gasteiger partial charge in [-0.1, -0.05) is 6.07 Å². The predicted molar refractivity (Wildman–Crippen MR) is 74.3 cm³/mol. The Hall–Kier alpha value is -1.62. The molecule has 0 unspecified atom stereocenters. The van der Waals surface area contributed by atoms with E-state index in [4.69, 9.17) is 11.1 Å². The lowest BCUT2D eigenvalue weighted by atomic mass is 10.1. The largest absolute Gasteiger partial charge is 0.384 e. The number of hydrogen-bond acceptors (Lipinski definition) is 2. The van der Waals surface area contributed by atoms with E-state index >= 15 is 0 Å². The number of nitrogens with zero attached hydrogens (tertiary/aromatic N) is 2. The van der Waals surface area contributed by atoms with E-state index in [0.29, 0.717) is 11.5 Å². The molecule has 4 nitrogen and oxygen atoms in total. The fourth-order valence-corrected chi connectivity index (χ4v) is 2.61. The molecule has 1 aromatic carbocycles. The van der Waals surface area contributed by atoms with Crippen molar-refractivity contribution in [2.75, 3.05) is 0 Å². The van der Waals surface area contributed by atoms with Gasteiger partial charge in [-0.2, -0.15) is 5.10 Å². The standard InChI is InChI=1S/C13H13BrN4/c14-9-2-1-3-11(12(9)13(15)16)18-7-6-10(17-18)8-4-5-8/h1-3,6-8H,4-5H2,(H3,15,16). The molecule has 5 heteroatoms. The maximum Gasteiger partial charge on any atom is 0.126 e. The predicted octanol–water partition coefficient (Wildman–Crippen LogP) is 2.80. The van der Waals surface area contributed by atoms with Gasteiger partial charge in [0.15, 0.2) is 0 Å². The second kappa shape index (κ2) is 4.24. The van der Waals surface area contributed by atoms with Crippen LogP contribution in [0.15, 0.2) is 34.9 Å². The van der Waals surface area contributed by atoms with E-state index in [1.807, 2.05) is 30.5 Å². The van der Waals surface area contributed by atoms with Gasteiger partial charge in [-0.25, -0.2) is 4.68 Å². The van der Waals surface area contributed by atoms with Crippen molar-refractivity contribution in [3.63, 3.8) is 0 Å². The van der Waals surface area contributed by atoms with Crippen molar-refractivity contribution in [2.45, 2.75) is 18.8 Å². The zero-order valence-electron chi connectivity index (χ0n) is 9.73. The van der Waals surface area contributed by atoms with Gasteiger partial charge in [0.25, 0.3) is 0 Å². The second-order valence-corrected chi connectivity index (χ2v) is 5.36. The molecule has 1 aliphatic rings. The molecule has 0 atom stereocenters. The van der Waals surface area contributed by atoms with Gasteiger partial charge in [-0.15, -0.1) is 0 Å². The minimum atomic E-state index is 0.0425. The first kappa shape index (κ1) is 11.5. The Morgan fingerprint density at radius 2 is 2.17 bits per heavy atom. The summed E-state index contributed by atoms with van der Waals surface area (Å²) in [5, 5.41) is 12.2. The summed E-state index contributed by atoms with van der Waals surface area (Å²) in [7, 11) is 0. The Bertz CT molecular complexity index is 613. The summed E-state index contributed by atoms with van der Waals surface area (Å²) in [5.74, 6) is 0.667. The first-order valence-corrected chi connectivity index (χ1v) is 6.65. The molecule has 1 aliphatic carbocycles. The lowest BCUT2D eigenvalue weighted by Gasteiger charge is -2.10. The molecule has 92 valence electrons. The van der Waals surface area contributed by atoms with E-state index in [2.05, 4.69) is 21.0 Å². The van der Waals surface area contributed by atoms with Crippen LogP contribution in [0, 0.1) is 5.41 Å². The molecule has 2 aromatic rings. The normalized spacial score (nSPS) is 14.7. The average molecular weight is 305 g/mol. The van der Waals surface area contributed by atoms with Crippen LogP contribution in [0.2, 0.25) is 0 Å². The van der Waals surface area contributed by atoms with E-state index in [0.717, 1.165) is 15.9 Å². The highest BCUT2D eigenvalue weighted by atomic mass is 79.9. The number of nitrogens with two attached hydrogens (primary N) is 1. The Labute approximate surface area is 113 Å². The van der Waals surface area contributed by atoms with E-state index in [1.165, 1.54) is 12.8 Å². The summed E-state index contributed by atoms with van der Waals surface area (Å²) in [5.41, 5.74) is 8.29. The van der Waals surface area contributed by atoms with Crippen molar-refractivity contribution in [2.24, 2.45) is 5.73 Å². The smallest absolute Gasteiger partial charge is 0.126 e. The summed E-state index contributed by atoms with van der Waals surface area (Å²) in [4.78, 5) is 0. The molecule has 0 saturated heterocycles. The number of aromatic nitrogens is 2. The number of benzene rings is 1. The quantitative estimate of drug-likeness (QED) is 0.676. The molecule has 0 aliphatic heterocycles. The number of rotatable bonds is 3. The Kier molecular flexibility index (Phi) is 2.70. The number of nitrogens with one attached hydrogen (secondary N) is 1. The van der Waals surface area contributed by atoms with Crippen LogP contribution in [-0.2, 0) is 0 Å². The number of nitrogen functional groups attached to an aromatic ring is 1. The van der Waals surface area contributed by atoms with Crippen LogP contribution in [0.3, 0.4) is 0 Å². The van der Waals surface area contributed by atoms with E-state index < -0.39 is 0 Å². The third-order valence-electron chi connectivity index (χ3n) is 3.11. The SMILES string of the molecule is N=C(N)c1c(Br)cccc1-n1ccc(C2CC2)n1. The van der Waals surface area contributed by atoms with Crippen LogP contribution in [0.1, 0.15) is 30.0 Å². The maximum atomic E-state index is 7.68. The minimum Gasteiger partial charge on any atom is -0.384 e. The Morgan fingerprint density at radius 3 is 2.83 bits per heavy atom. The van der Waals surface area contributed by atoms with Crippen LogP contribution in [0.5, 0.6) is 0 Å². The Balaban J connectivity index is 2.09. The molecule has 0 amide bonds. The van der Waals surface area contributed by atoms with Gasteiger partial charge < -0.3 is 5.73 Å². The summed E-state index contributed by atoms with van der Waals surface area (Å²) >= 11 is 3.43. The molecule has 18 heavy (non-hydrogen) atoms. The molecule has 1 heterocycles. The molecule has 0 radical (unpaired) electrons. The molecule has 0 bridgehead atoms. The van der Waals surface area contributed by atoms with Crippen molar-refractivity contribution < 1.29 is 0 Å². The van der Waals surface area contributed by atoms with Crippen molar-refractivity contribution in [3.05, 3.63) is 46.2 Å². The first-order valence-electron chi connectivity index (χ1n) is 5.85. The molecule has 3 N–H and O–H groups in total. The van der Waals surface area contributed by atoms with Gasteiger partial charge in [-0.3, -0.25) is 5.41 Å². The summed E-state index contributed by atoms with van der Waals surface area (Å²) < 4.78 is 2.62. The lowest BCUT2D eigenvalue weighted by Crippen LogP contribution is -2.15. The second-order valence-electron chi connectivity index (χ2n) is 4.51. The highest BCUT2D eigenvalue weighted by Crippen LogP contribution is 2.39. The van der Waals surface area contributed by atoms with Crippen molar-refractivity contribution in [1.29, 1.82) is 5.41 Å². The number of halogens is 1. The third-order valence-corrected chi connectivity index (χ3v) is 3.77. The number of amidine groups is 1. The van der Waals surface area contributed by atoms with Crippen LogP contribution in [-0.4, -0.2) is 15.6 Å². The molecule has 3 rings (SSSR count). The van der Waals surface area contributed by atoms with Crippen LogP contribution < -0.4 is 5.73 Å². The first-order chi connectivity index (χ1) is 8.66. The lowest BCUT2D eigenvalue weighted by molar-refractivity contribution is 0.835. The molecule has 0 spiro atoms. The zero-order chi connectivity index (χ0) is 12.7. The van der Waals surface area contributed by atoms with E-state index in [9.17, 15) is 0 Å². The van der Waals surface area contributed by atoms with Crippen LogP contribution in [0.25, 0.3) is 5.69 Å². The summed E-state index contributed by atoms with van der Waals surface area (Å²) in [6, 6.07) is 7.77. The van der Waals surface area contributed by atoms with Gasteiger partial charge in [0.05, 0.1) is 16.9 Å². The summed E-state index contributed by atoms with van der Waals surface area (Å²) in [6.07, 6.45) is 4.39. The number of hydrogen-bond donors (Lipinski definition) is 2. The Morgan fingerprint density at radius 1 is 1.39 bits per heavy atom. The third kappa shape index (κ3) is 1.95. The van der Waals surface area contributed by atoms with Gasteiger partial charge in [0, 0.05) is 16.6 Å². The van der Waals surface area contributed by atoms with Crippen LogP contribution >= 0.6 is 15.9 Å². The van der Waals surface area contributed by atoms with Gasteiger partial charge in [0.1, 0.15) is 5.84 Å².